The maximum atomic E-state index is 12.6. The predicted molar refractivity (Wildman–Crippen MR) is 95.7 cm³/mol. The Morgan fingerprint density at radius 1 is 1.23 bits per heavy atom. The van der Waals surface area contributed by atoms with Gasteiger partial charge in [-0.15, -0.1) is 11.8 Å². The molecule has 0 unspecified atom stereocenters. The number of hydrogen-bond acceptors (Lipinski definition) is 7. The van der Waals surface area contributed by atoms with Crippen LogP contribution < -0.4 is 4.74 Å². The van der Waals surface area contributed by atoms with Gasteiger partial charge in [0.1, 0.15) is 11.4 Å². The molecule has 1 aliphatic rings. The summed E-state index contributed by atoms with van der Waals surface area (Å²) < 4.78 is 10.2. The van der Waals surface area contributed by atoms with Gasteiger partial charge in [-0.25, -0.2) is 4.79 Å². The van der Waals surface area contributed by atoms with Crippen LogP contribution in [-0.4, -0.2) is 47.2 Å². The lowest BCUT2D eigenvalue weighted by Crippen LogP contribution is -2.18. The minimum absolute atomic E-state index is 0.0205. The SMILES string of the molecule is COC(=O)c1n[nH]c2c1C(=O)C(SCCCOc1ccccc1)=CC2=O. The molecule has 1 aliphatic carbocycles. The van der Waals surface area contributed by atoms with Crippen LogP contribution in [0.4, 0.5) is 0 Å². The molecule has 0 bridgehead atoms. The number of nitrogens with one attached hydrogen (secondary N) is 1. The van der Waals surface area contributed by atoms with Crippen molar-refractivity contribution in [2.45, 2.75) is 6.42 Å². The number of Topliss-reactive ketones (excluding diaryl/α,β-unsaturated/α-hetero) is 1. The zero-order valence-corrected chi connectivity index (χ0v) is 14.8. The van der Waals surface area contributed by atoms with Crippen LogP contribution in [0, 0.1) is 0 Å². The molecule has 0 radical (unpaired) electrons. The van der Waals surface area contributed by atoms with E-state index >= 15 is 0 Å². The topological polar surface area (TPSA) is 98.3 Å². The highest BCUT2D eigenvalue weighted by atomic mass is 32.2. The van der Waals surface area contributed by atoms with E-state index < -0.39 is 11.8 Å². The number of H-pyrrole nitrogens is 1. The molecule has 0 aliphatic heterocycles. The summed E-state index contributed by atoms with van der Waals surface area (Å²) >= 11 is 1.26. The Hall–Kier alpha value is -2.87. The van der Waals surface area contributed by atoms with Crippen LogP contribution in [0.5, 0.6) is 5.75 Å². The van der Waals surface area contributed by atoms with Crippen molar-refractivity contribution >= 4 is 29.3 Å². The Morgan fingerprint density at radius 3 is 2.73 bits per heavy atom. The molecular weight excluding hydrogens is 356 g/mol. The summed E-state index contributed by atoms with van der Waals surface area (Å²) in [5.41, 5.74) is -0.168. The molecule has 0 saturated carbocycles. The number of thioether (sulfide) groups is 1. The van der Waals surface area contributed by atoms with Crippen LogP contribution in [0.3, 0.4) is 0 Å². The number of allylic oxidation sites excluding steroid dienone is 2. The molecule has 0 amide bonds. The Kier molecular flexibility index (Phi) is 5.52. The highest BCUT2D eigenvalue weighted by molar-refractivity contribution is 8.04. The third-order valence-electron chi connectivity index (χ3n) is 3.66. The third-order valence-corrected chi connectivity index (χ3v) is 4.77. The van der Waals surface area contributed by atoms with Gasteiger partial charge < -0.3 is 9.47 Å². The van der Waals surface area contributed by atoms with Crippen molar-refractivity contribution in [2.75, 3.05) is 19.5 Å². The maximum Gasteiger partial charge on any atom is 0.359 e. The van der Waals surface area contributed by atoms with Crippen molar-refractivity contribution in [1.82, 2.24) is 10.2 Å². The number of carbonyl (C=O) groups excluding carboxylic acids is 3. The van der Waals surface area contributed by atoms with Gasteiger partial charge in [0.2, 0.25) is 11.6 Å². The van der Waals surface area contributed by atoms with E-state index in [-0.39, 0.29) is 27.6 Å². The first-order valence-electron chi connectivity index (χ1n) is 7.90. The molecule has 0 atom stereocenters. The summed E-state index contributed by atoms with van der Waals surface area (Å²) in [6, 6.07) is 9.43. The Bertz CT molecular complexity index is 873. The maximum absolute atomic E-state index is 12.6. The number of aromatic nitrogens is 2. The van der Waals surface area contributed by atoms with Crippen molar-refractivity contribution in [3.63, 3.8) is 0 Å². The van der Waals surface area contributed by atoms with Gasteiger partial charge in [0.25, 0.3) is 0 Å². The molecule has 3 rings (SSSR count). The van der Waals surface area contributed by atoms with Crippen LogP contribution in [-0.2, 0) is 4.74 Å². The monoisotopic (exact) mass is 372 g/mol. The van der Waals surface area contributed by atoms with Crippen LogP contribution in [0.25, 0.3) is 0 Å². The summed E-state index contributed by atoms with van der Waals surface area (Å²) in [7, 11) is 1.19. The first-order chi connectivity index (χ1) is 12.6. The van der Waals surface area contributed by atoms with Gasteiger partial charge in [-0.2, -0.15) is 5.10 Å². The zero-order chi connectivity index (χ0) is 18.5. The third kappa shape index (κ3) is 3.70. The van der Waals surface area contributed by atoms with E-state index in [0.717, 1.165) is 5.75 Å². The average molecular weight is 372 g/mol. The number of para-hydroxylation sites is 1. The smallest absolute Gasteiger partial charge is 0.359 e. The summed E-state index contributed by atoms with van der Waals surface area (Å²) in [6.07, 6.45) is 1.97. The molecule has 1 aromatic carbocycles. The second-order valence-electron chi connectivity index (χ2n) is 5.38. The van der Waals surface area contributed by atoms with E-state index in [2.05, 4.69) is 14.9 Å². The average Bonchev–Trinajstić information content (AvgIpc) is 3.11. The van der Waals surface area contributed by atoms with Crippen molar-refractivity contribution in [2.24, 2.45) is 0 Å². The van der Waals surface area contributed by atoms with Gasteiger partial charge in [0.05, 0.1) is 24.2 Å². The number of ether oxygens (including phenoxy) is 2. The van der Waals surface area contributed by atoms with Gasteiger partial charge in [-0.1, -0.05) is 18.2 Å². The molecule has 0 saturated heterocycles. The molecule has 1 N–H and O–H groups in total. The highest BCUT2D eigenvalue weighted by Crippen LogP contribution is 2.30. The number of methoxy groups -OCH3 is 1. The van der Waals surface area contributed by atoms with Crippen molar-refractivity contribution in [3.8, 4) is 5.75 Å². The molecule has 7 nitrogen and oxygen atoms in total. The summed E-state index contributed by atoms with van der Waals surface area (Å²) in [4.78, 5) is 36.8. The Balaban J connectivity index is 1.59. The molecule has 1 heterocycles. The lowest BCUT2D eigenvalue weighted by molar-refractivity contribution is 0.0591. The van der Waals surface area contributed by atoms with Gasteiger partial charge in [0, 0.05) is 11.8 Å². The largest absolute Gasteiger partial charge is 0.494 e. The quantitative estimate of drug-likeness (QED) is 0.589. The van der Waals surface area contributed by atoms with Crippen LogP contribution in [0.2, 0.25) is 0 Å². The minimum atomic E-state index is -0.758. The summed E-state index contributed by atoms with van der Waals surface area (Å²) in [5.74, 6) is -0.163. The highest BCUT2D eigenvalue weighted by Gasteiger charge is 2.34. The van der Waals surface area contributed by atoms with E-state index in [1.165, 1.54) is 24.9 Å². The van der Waals surface area contributed by atoms with Crippen molar-refractivity contribution in [3.05, 3.63) is 58.3 Å². The van der Waals surface area contributed by atoms with E-state index in [4.69, 9.17) is 4.74 Å². The van der Waals surface area contributed by atoms with Crippen LogP contribution in [0.15, 0.2) is 41.3 Å². The normalized spacial score (nSPS) is 13.2. The minimum Gasteiger partial charge on any atom is -0.494 e. The molecule has 26 heavy (non-hydrogen) atoms. The number of esters is 1. The number of ketones is 2. The standard InChI is InChI=1S/C18H16N2O5S/c1-24-18(23)16-14-15(19-20-16)12(21)10-13(17(14)22)26-9-5-8-25-11-6-3-2-4-7-11/h2-4,6-7,10H,5,8-9H2,1H3,(H,19,20). The number of benzene rings is 1. The fraction of sp³-hybridized carbons (Fsp3) is 0.222. The summed E-state index contributed by atoms with van der Waals surface area (Å²) in [5, 5.41) is 6.19. The first-order valence-corrected chi connectivity index (χ1v) is 8.88. The zero-order valence-electron chi connectivity index (χ0n) is 14.0. The van der Waals surface area contributed by atoms with E-state index in [0.29, 0.717) is 18.8 Å². The molecule has 0 spiro atoms. The Labute approximate surface area is 153 Å². The van der Waals surface area contributed by atoms with E-state index in [9.17, 15) is 14.4 Å². The lowest BCUT2D eigenvalue weighted by atomic mass is 9.99. The Morgan fingerprint density at radius 2 is 2.00 bits per heavy atom. The fourth-order valence-electron chi connectivity index (χ4n) is 2.42. The first kappa shape index (κ1) is 17.9. The van der Waals surface area contributed by atoms with Crippen LogP contribution in [0.1, 0.15) is 37.8 Å². The lowest BCUT2D eigenvalue weighted by Gasteiger charge is -2.12. The number of rotatable bonds is 7. The van der Waals surface area contributed by atoms with E-state index in [1.54, 1.807) is 0 Å². The van der Waals surface area contributed by atoms with Crippen molar-refractivity contribution < 1.29 is 23.9 Å². The molecular formula is C18H16N2O5S. The van der Waals surface area contributed by atoms with Gasteiger partial charge in [0.15, 0.2) is 5.69 Å². The predicted octanol–water partition coefficient (Wildman–Crippen LogP) is 2.66. The van der Waals surface area contributed by atoms with Gasteiger partial charge >= 0.3 is 5.97 Å². The number of nitrogens with zero attached hydrogens (tertiary/aromatic N) is 1. The molecule has 2 aromatic rings. The second kappa shape index (κ2) is 8.01. The number of carbonyl (C=O) groups is 3. The fourth-order valence-corrected chi connectivity index (χ4v) is 3.33. The van der Waals surface area contributed by atoms with E-state index in [1.807, 2.05) is 30.3 Å². The van der Waals surface area contributed by atoms with Gasteiger partial charge in [-0.3, -0.25) is 14.7 Å². The van der Waals surface area contributed by atoms with Crippen molar-refractivity contribution in [1.29, 1.82) is 0 Å². The summed E-state index contributed by atoms with van der Waals surface area (Å²) in [6.45, 7) is 0.497. The van der Waals surface area contributed by atoms with Crippen LogP contribution >= 0.6 is 11.8 Å². The number of fused-ring (bicyclic) bond motifs is 1. The number of aromatic amines is 1. The number of hydrogen-bond donors (Lipinski definition) is 1. The van der Waals surface area contributed by atoms with Gasteiger partial charge in [-0.05, 0) is 18.6 Å². The molecule has 0 fully saturated rings. The second-order valence-corrected chi connectivity index (χ2v) is 6.52. The molecule has 8 heteroatoms. The molecule has 1 aromatic heterocycles. The molecule has 134 valence electrons.